The first-order valence-corrected chi connectivity index (χ1v) is 6.77. The van der Waals surface area contributed by atoms with Crippen molar-refractivity contribution >= 4 is 23.1 Å². The van der Waals surface area contributed by atoms with E-state index in [2.05, 4.69) is 0 Å². The van der Waals surface area contributed by atoms with Gasteiger partial charge >= 0.3 is 0 Å². The summed E-state index contributed by atoms with van der Waals surface area (Å²) in [5, 5.41) is 10.8. The van der Waals surface area contributed by atoms with Crippen LogP contribution in [0, 0.1) is 17.0 Å². The van der Waals surface area contributed by atoms with Gasteiger partial charge in [0.25, 0.3) is 5.69 Å². The maximum atomic E-state index is 10.8. The van der Waals surface area contributed by atoms with Crippen LogP contribution in [0.2, 0.25) is 0 Å². The number of nitro benzene ring substituents is 1. The fourth-order valence-electron chi connectivity index (χ4n) is 1.72. The van der Waals surface area contributed by atoms with Crippen molar-refractivity contribution in [1.82, 2.24) is 0 Å². The van der Waals surface area contributed by atoms with Crippen molar-refractivity contribution in [2.24, 2.45) is 0 Å². The zero-order chi connectivity index (χ0) is 13.8. The predicted molar refractivity (Wildman–Crippen MR) is 78.2 cm³/mol. The summed E-state index contributed by atoms with van der Waals surface area (Å²) in [5.74, 6) is 0.686. The van der Waals surface area contributed by atoms with Gasteiger partial charge in [0.05, 0.1) is 4.92 Å². The van der Waals surface area contributed by atoms with Crippen LogP contribution >= 0.6 is 11.8 Å². The van der Waals surface area contributed by atoms with E-state index in [4.69, 9.17) is 5.73 Å². The lowest BCUT2D eigenvalue weighted by molar-refractivity contribution is -0.383. The Kier molecular flexibility index (Phi) is 4.06. The summed E-state index contributed by atoms with van der Waals surface area (Å²) in [6.45, 7) is 2.05. The molecule has 0 saturated carbocycles. The molecule has 0 aliphatic rings. The van der Waals surface area contributed by atoms with E-state index in [0.29, 0.717) is 5.75 Å². The van der Waals surface area contributed by atoms with E-state index in [1.54, 1.807) is 23.9 Å². The molecule has 4 nitrogen and oxygen atoms in total. The quantitative estimate of drug-likeness (QED) is 0.399. The summed E-state index contributed by atoms with van der Waals surface area (Å²) in [4.78, 5) is 11.6. The summed E-state index contributed by atoms with van der Waals surface area (Å²) in [6, 6.07) is 13.0. The van der Waals surface area contributed by atoms with Crippen LogP contribution in [0.15, 0.2) is 47.4 Å². The fourth-order valence-corrected chi connectivity index (χ4v) is 2.69. The Morgan fingerprint density at radius 2 is 2.00 bits per heavy atom. The number of hydrogen-bond acceptors (Lipinski definition) is 4. The molecule has 0 heterocycles. The number of hydrogen-bond donors (Lipinski definition) is 1. The Balaban J connectivity index is 2.14. The molecule has 0 radical (unpaired) electrons. The molecule has 98 valence electrons. The highest BCUT2D eigenvalue weighted by Gasteiger charge is 2.12. The van der Waals surface area contributed by atoms with Gasteiger partial charge in [-0.25, -0.2) is 0 Å². The molecule has 19 heavy (non-hydrogen) atoms. The number of anilines is 1. The number of nitrogens with two attached hydrogens (primary N) is 1. The van der Waals surface area contributed by atoms with Gasteiger partial charge in [-0.05, 0) is 30.2 Å². The second-order valence-corrected chi connectivity index (χ2v) is 5.22. The van der Waals surface area contributed by atoms with Crippen molar-refractivity contribution in [3.8, 4) is 0 Å². The third-order valence-electron chi connectivity index (χ3n) is 2.78. The molecule has 0 unspecified atom stereocenters. The van der Waals surface area contributed by atoms with Crippen molar-refractivity contribution in [2.45, 2.75) is 17.6 Å². The Labute approximate surface area is 115 Å². The molecule has 0 spiro atoms. The SMILES string of the molecule is Cc1ccccc1SCc1ccc(N)c([N+](=O)[O-])c1. The largest absolute Gasteiger partial charge is 0.393 e. The first kappa shape index (κ1) is 13.4. The zero-order valence-electron chi connectivity index (χ0n) is 10.5. The molecule has 2 N–H and O–H groups in total. The van der Waals surface area contributed by atoms with Crippen LogP contribution in [0.1, 0.15) is 11.1 Å². The van der Waals surface area contributed by atoms with Gasteiger partial charge in [-0.2, -0.15) is 0 Å². The minimum absolute atomic E-state index is 0.0251. The van der Waals surface area contributed by atoms with Gasteiger partial charge < -0.3 is 5.73 Å². The van der Waals surface area contributed by atoms with Crippen LogP contribution < -0.4 is 5.73 Å². The van der Waals surface area contributed by atoms with Crippen molar-refractivity contribution < 1.29 is 4.92 Å². The number of nitro groups is 1. The molecule has 2 rings (SSSR count). The molecule has 0 saturated heterocycles. The summed E-state index contributed by atoms with van der Waals surface area (Å²) < 4.78 is 0. The van der Waals surface area contributed by atoms with E-state index >= 15 is 0 Å². The van der Waals surface area contributed by atoms with Crippen LogP contribution in [-0.4, -0.2) is 4.92 Å². The predicted octanol–water partition coefficient (Wildman–Crippen LogP) is 3.78. The van der Waals surface area contributed by atoms with Crippen molar-refractivity contribution in [2.75, 3.05) is 5.73 Å². The van der Waals surface area contributed by atoms with E-state index < -0.39 is 4.92 Å². The van der Waals surface area contributed by atoms with Crippen LogP contribution in [0.3, 0.4) is 0 Å². The lowest BCUT2D eigenvalue weighted by atomic mass is 10.2. The number of rotatable bonds is 4. The van der Waals surface area contributed by atoms with Crippen LogP contribution in [0.25, 0.3) is 0 Å². The van der Waals surface area contributed by atoms with E-state index in [9.17, 15) is 10.1 Å². The van der Waals surface area contributed by atoms with E-state index in [0.717, 1.165) is 5.56 Å². The van der Waals surface area contributed by atoms with Crippen LogP contribution in [0.5, 0.6) is 0 Å². The third kappa shape index (κ3) is 3.26. The van der Waals surface area contributed by atoms with Gasteiger partial charge in [0.2, 0.25) is 0 Å². The molecule has 0 fully saturated rings. The summed E-state index contributed by atoms with van der Waals surface area (Å²) in [6.07, 6.45) is 0. The van der Waals surface area contributed by atoms with E-state index in [1.807, 2.05) is 37.3 Å². The summed E-state index contributed by atoms with van der Waals surface area (Å²) in [5.41, 5.74) is 7.85. The maximum absolute atomic E-state index is 10.8. The number of thioether (sulfide) groups is 1. The molecule has 0 aliphatic carbocycles. The number of nitrogen functional groups attached to an aromatic ring is 1. The minimum atomic E-state index is -0.447. The summed E-state index contributed by atoms with van der Waals surface area (Å²) in [7, 11) is 0. The molecule has 0 atom stereocenters. The highest BCUT2D eigenvalue weighted by atomic mass is 32.2. The van der Waals surface area contributed by atoms with Gasteiger partial charge in [0, 0.05) is 16.7 Å². The second kappa shape index (κ2) is 5.75. The summed E-state index contributed by atoms with van der Waals surface area (Å²) >= 11 is 1.66. The molecule has 0 amide bonds. The van der Waals surface area contributed by atoms with Gasteiger partial charge in [0.15, 0.2) is 0 Å². The first-order chi connectivity index (χ1) is 9.08. The molecule has 2 aromatic carbocycles. The van der Waals surface area contributed by atoms with Gasteiger partial charge in [-0.3, -0.25) is 10.1 Å². The molecule has 0 bridgehead atoms. The molecule has 5 heteroatoms. The lowest BCUT2D eigenvalue weighted by Gasteiger charge is -2.06. The molecule has 0 aromatic heterocycles. The lowest BCUT2D eigenvalue weighted by Crippen LogP contribution is -1.96. The topological polar surface area (TPSA) is 69.2 Å². The Morgan fingerprint density at radius 1 is 1.26 bits per heavy atom. The van der Waals surface area contributed by atoms with Gasteiger partial charge in [-0.15, -0.1) is 11.8 Å². The average molecular weight is 274 g/mol. The Hall–Kier alpha value is -2.01. The molecular formula is C14H14N2O2S. The molecule has 0 aliphatic heterocycles. The van der Waals surface area contributed by atoms with Crippen LogP contribution in [-0.2, 0) is 5.75 Å². The van der Waals surface area contributed by atoms with Crippen molar-refractivity contribution in [3.63, 3.8) is 0 Å². The van der Waals surface area contributed by atoms with Crippen LogP contribution in [0.4, 0.5) is 11.4 Å². The first-order valence-electron chi connectivity index (χ1n) is 5.79. The fraction of sp³-hybridized carbons (Fsp3) is 0.143. The normalized spacial score (nSPS) is 10.4. The van der Waals surface area contributed by atoms with Gasteiger partial charge in [0.1, 0.15) is 5.69 Å². The third-order valence-corrected chi connectivity index (χ3v) is 4.03. The minimum Gasteiger partial charge on any atom is -0.393 e. The maximum Gasteiger partial charge on any atom is 0.292 e. The number of aryl methyl sites for hydroxylation is 1. The monoisotopic (exact) mass is 274 g/mol. The second-order valence-electron chi connectivity index (χ2n) is 4.20. The highest BCUT2D eigenvalue weighted by Crippen LogP contribution is 2.29. The van der Waals surface area contributed by atoms with Crippen molar-refractivity contribution in [1.29, 1.82) is 0 Å². The Bertz CT molecular complexity index is 614. The van der Waals surface area contributed by atoms with E-state index in [1.165, 1.54) is 10.5 Å². The number of nitrogens with zero attached hydrogens (tertiary/aromatic N) is 1. The standard InChI is InChI=1S/C14H14N2O2S/c1-10-4-2-3-5-14(10)19-9-11-6-7-12(15)13(8-11)16(17)18/h2-8H,9,15H2,1H3. The zero-order valence-corrected chi connectivity index (χ0v) is 11.3. The molecule has 2 aromatic rings. The smallest absolute Gasteiger partial charge is 0.292 e. The molecular weight excluding hydrogens is 260 g/mol. The van der Waals surface area contributed by atoms with Crippen molar-refractivity contribution in [3.05, 3.63) is 63.7 Å². The highest BCUT2D eigenvalue weighted by molar-refractivity contribution is 7.98. The van der Waals surface area contributed by atoms with Gasteiger partial charge in [-0.1, -0.05) is 24.3 Å². The van der Waals surface area contributed by atoms with E-state index in [-0.39, 0.29) is 11.4 Å². The average Bonchev–Trinajstić information content (AvgIpc) is 2.39. The Morgan fingerprint density at radius 3 is 2.68 bits per heavy atom. The number of benzene rings is 2.